The summed E-state index contributed by atoms with van der Waals surface area (Å²) in [6.07, 6.45) is 6.51. The number of rotatable bonds is 12. The van der Waals surface area contributed by atoms with Crippen LogP contribution in [0.3, 0.4) is 0 Å². The van der Waals surface area contributed by atoms with Crippen molar-refractivity contribution in [1.82, 2.24) is 0 Å². The zero-order valence-corrected chi connectivity index (χ0v) is 17.5. The van der Waals surface area contributed by atoms with Gasteiger partial charge in [0.05, 0.1) is 13.2 Å². The lowest BCUT2D eigenvalue weighted by Gasteiger charge is -2.07. The highest BCUT2D eigenvalue weighted by atomic mass is 16.5. The van der Waals surface area contributed by atoms with Gasteiger partial charge < -0.3 is 18.9 Å². The van der Waals surface area contributed by atoms with Crippen molar-refractivity contribution in [1.29, 1.82) is 0 Å². The molecule has 0 N–H and O–H groups in total. The maximum Gasteiger partial charge on any atom is 0.336 e. The van der Waals surface area contributed by atoms with Crippen LogP contribution in [0.5, 0.6) is 17.2 Å². The zero-order valence-electron chi connectivity index (χ0n) is 17.5. The molecule has 0 radical (unpaired) electrons. The van der Waals surface area contributed by atoms with Gasteiger partial charge in [0.2, 0.25) is 0 Å². The fourth-order valence-electron chi connectivity index (χ4n) is 2.35. The molecular formula is C25H24O7. The van der Waals surface area contributed by atoms with Crippen molar-refractivity contribution in [3.8, 4) is 17.2 Å². The number of hydrogen-bond donors (Lipinski definition) is 0. The molecule has 0 aliphatic heterocycles. The van der Waals surface area contributed by atoms with Gasteiger partial charge in [0.1, 0.15) is 17.2 Å². The number of hydrogen-bond acceptors (Lipinski definition) is 7. The van der Waals surface area contributed by atoms with Crippen LogP contribution in [-0.4, -0.2) is 31.1 Å². The molecule has 0 heterocycles. The van der Waals surface area contributed by atoms with Crippen LogP contribution in [0.15, 0.2) is 79.9 Å². The summed E-state index contributed by atoms with van der Waals surface area (Å²) in [5.74, 6) is -0.103. The Balaban J connectivity index is 1.73. The number of carbonyl (C=O) groups excluding carboxylic acids is 3. The summed E-state index contributed by atoms with van der Waals surface area (Å²) in [6.45, 7) is 7.45. The van der Waals surface area contributed by atoms with E-state index >= 15 is 0 Å². The third-order valence-electron chi connectivity index (χ3n) is 3.94. The molecule has 0 atom stereocenters. The summed E-state index contributed by atoms with van der Waals surface area (Å²) < 4.78 is 20.7. The van der Waals surface area contributed by atoms with E-state index in [9.17, 15) is 14.4 Å². The minimum Gasteiger partial charge on any atom is -0.494 e. The smallest absolute Gasteiger partial charge is 0.336 e. The van der Waals surface area contributed by atoms with Crippen molar-refractivity contribution >= 4 is 24.0 Å². The van der Waals surface area contributed by atoms with Gasteiger partial charge in [0.15, 0.2) is 0 Å². The molecule has 0 aliphatic rings. The van der Waals surface area contributed by atoms with Crippen molar-refractivity contribution in [3.63, 3.8) is 0 Å². The van der Waals surface area contributed by atoms with E-state index in [0.29, 0.717) is 36.9 Å². The molecule has 2 rings (SSSR count). The van der Waals surface area contributed by atoms with Gasteiger partial charge in [-0.2, -0.15) is 0 Å². The first kappa shape index (κ1) is 24.1. The van der Waals surface area contributed by atoms with Crippen molar-refractivity contribution in [2.45, 2.75) is 12.8 Å². The maximum atomic E-state index is 12.0. The number of unbranched alkanes of at least 4 members (excludes halogenated alkanes) is 1. The first-order valence-electron chi connectivity index (χ1n) is 9.86. The van der Waals surface area contributed by atoms with E-state index in [1.807, 2.05) is 0 Å². The average Bonchev–Trinajstić information content (AvgIpc) is 2.81. The molecule has 32 heavy (non-hydrogen) atoms. The largest absolute Gasteiger partial charge is 0.494 e. The first-order valence-corrected chi connectivity index (χ1v) is 9.86. The van der Waals surface area contributed by atoms with Crippen LogP contribution in [0.1, 0.15) is 18.4 Å². The van der Waals surface area contributed by atoms with Crippen LogP contribution in [0, 0.1) is 0 Å². The second-order valence-electron chi connectivity index (χ2n) is 6.35. The number of ether oxygens (including phenoxy) is 4. The fourth-order valence-corrected chi connectivity index (χ4v) is 2.35. The Labute approximate surface area is 186 Å². The standard InChI is InChI=1S/C25H24O7/c1-3-23(26)30-18-6-5-17-29-20-12-14-22(15-13-20)32-25(28)16-9-19-7-10-21(11-8-19)31-24(27)4-2/h3-4,7-16H,1-2,5-6,17-18H2/b16-9+. The summed E-state index contributed by atoms with van der Waals surface area (Å²) in [6, 6.07) is 13.3. The average molecular weight is 436 g/mol. The molecule has 0 fully saturated rings. The summed E-state index contributed by atoms with van der Waals surface area (Å²) >= 11 is 0. The molecule has 166 valence electrons. The minimum absolute atomic E-state index is 0.323. The predicted molar refractivity (Wildman–Crippen MR) is 119 cm³/mol. The van der Waals surface area contributed by atoms with E-state index in [-0.39, 0.29) is 0 Å². The highest BCUT2D eigenvalue weighted by molar-refractivity contribution is 5.88. The fraction of sp³-hybridized carbons (Fsp3) is 0.160. The highest BCUT2D eigenvalue weighted by Crippen LogP contribution is 2.18. The van der Waals surface area contributed by atoms with Gasteiger partial charge in [-0.1, -0.05) is 25.3 Å². The van der Waals surface area contributed by atoms with Crippen molar-refractivity contribution in [2.75, 3.05) is 13.2 Å². The molecule has 0 spiro atoms. The number of esters is 3. The highest BCUT2D eigenvalue weighted by Gasteiger charge is 2.03. The third-order valence-corrected chi connectivity index (χ3v) is 3.94. The number of carbonyl (C=O) groups is 3. The van der Waals surface area contributed by atoms with E-state index in [1.165, 1.54) is 6.08 Å². The second kappa shape index (κ2) is 13.2. The van der Waals surface area contributed by atoms with Crippen molar-refractivity contribution in [3.05, 3.63) is 85.5 Å². The monoisotopic (exact) mass is 436 g/mol. The van der Waals surface area contributed by atoms with Crippen LogP contribution in [0.2, 0.25) is 0 Å². The van der Waals surface area contributed by atoms with Crippen LogP contribution < -0.4 is 14.2 Å². The molecule has 7 heteroatoms. The van der Waals surface area contributed by atoms with E-state index in [1.54, 1.807) is 54.6 Å². The van der Waals surface area contributed by atoms with Gasteiger partial charge >= 0.3 is 17.9 Å². The summed E-state index contributed by atoms with van der Waals surface area (Å²) in [4.78, 5) is 34.1. The topological polar surface area (TPSA) is 88.1 Å². The zero-order chi connectivity index (χ0) is 23.2. The summed E-state index contributed by atoms with van der Waals surface area (Å²) in [5, 5.41) is 0. The molecule has 0 aromatic heterocycles. The molecule has 2 aromatic rings. The maximum absolute atomic E-state index is 12.0. The normalized spacial score (nSPS) is 10.2. The summed E-state index contributed by atoms with van der Waals surface area (Å²) in [7, 11) is 0. The van der Waals surface area contributed by atoms with E-state index in [2.05, 4.69) is 13.2 Å². The van der Waals surface area contributed by atoms with Crippen LogP contribution >= 0.6 is 0 Å². The molecule has 0 aliphatic carbocycles. The van der Waals surface area contributed by atoms with Crippen LogP contribution in [0.25, 0.3) is 6.08 Å². The first-order chi connectivity index (χ1) is 15.5. The molecule has 2 aromatic carbocycles. The molecule has 0 bridgehead atoms. The molecule has 0 saturated carbocycles. The van der Waals surface area contributed by atoms with Crippen molar-refractivity contribution < 1.29 is 33.3 Å². The molecule has 7 nitrogen and oxygen atoms in total. The Kier molecular flexibility index (Phi) is 9.98. The van der Waals surface area contributed by atoms with Crippen molar-refractivity contribution in [2.24, 2.45) is 0 Å². The van der Waals surface area contributed by atoms with Crippen LogP contribution in [0.4, 0.5) is 0 Å². The molecule has 0 unspecified atom stereocenters. The molecular weight excluding hydrogens is 412 g/mol. The minimum atomic E-state index is -0.542. The van der Waals surface area contributed by atoms with E-state index in [0.717, 1.165) is 24.1 Å². The lowest BCUT2D eigenvalue weighted by atomic mass is 10.2. The van der Waals surface area contributed by atoms with Gasteiger partial charge in [-0.25, -0.2) is 14.4 Å². The molecule has 0 amide bonds. The van der Waals surface area contributed by atoms with E-state index < -0.39 is 17.9 Å². The third kappa shape index (κ3) is 9.13. The van der Waals surface area contributed by atoms with Gasteiger partial charge in [-0.3, -0.25) is 0 Å². The van der Waals surface area contributed by atoms with E-state index in [4.69, 9.17) is 18.9 Å². The Morgan fingerprint density at radius 2 is 1.22 bits per heavy atom. The Bertz CT molecular complexity index is 957. The lowest BCUT2D eigenvalue weighted by molar-refractivity contribution is -0.138. The Hall–Kier alpha value is -4.13. The number of benzene rings is 2. The Morgan fingerprint density at radius 3 is 1.84 bits per heavy atom. The molecule has 0 saturated heterocycles. The van der Waals surface area contributed by atoms with Gasteiger partial charge in [-0.15, -0.1) is 0 Å². The lowest BCUT2D eigenvalue weighted by Crippen LogP contribution is -2.05. The van der Waals surface area contributed by atoms with Gasteiger partial charge in [0.25, 0.3) is 0 Å². The summed E-state index contributed by atoms with van der Waals surface area (Å²) in [5.41, 5.74) is 0.739. The van der Waals surface area contributed by atoms with Crippen LogP contribution in [-0.2, 0) is 19.1 Å². The predicted octanol–water partition coefficient (Wildman–Crippen LogP) is 4.29. The Morgan fingerprint density at radius 1 is 0.688 bits per heavy atom. The quantitative estimate of drug-likeness (QED) is 0.212. The van der Waals surface area contributed by atoms with Gasteiger partial charge in [-0.05, 0) is 60.9 Å². The van der Waals surface area contributed by atoms with Gasteiger partial charge in [0, 0.05) is 18.2 Å². The SMILES string of the molecule is C=CC(=O)OCCCCOc1ccc(OC(=O)/C=C/c2ccc(OC(=O)C=C)cc2)cc1. The second-order valence-corrected chi connectivity index (χ2v) is 6.35.